The van der Waals surface area contributed by atoms with Crippen molar-refractivity contribution in [1.82, 2.24) is 31.2 Å². The van der Waals surface area contributed by atoms with Gasteiger partial charge in [0.05, 0.1) is 17.5 Å². The number of urea groups is 1. The summed E-state index contributed by atoms with van der Waals surface area (Å²) in [7, 11) is 0. The van der Waals surface area contributed by atoms with E-state index in [1.807, 2.05) is 11.8 Å². The molecule has 6 amide bonds. The fourth-order valence-electron chi connectivity index (χ4n) is 6.74. The van der Waals surface area contributed by atoms with Crippen LogP contribution in [0, 0.1) is 5.41 Å². The van der Waals surface area contributed by atoms with E-state index < -0.39 is 35.4 Å². The minimum absolute atomic E-state index is 0.0403. The van der Waals surface area contributed by atoms with Crippen LogP contribution in [0.4, 0.5) is 9.59 Å². The van der Waals surface area contributed by atoms with E-state index in [-0.39, 0.29) is 50.0 Å². The van der Waals surface area contributed by atoms with Crippen LogP contribution in [0.1, 0.15) is 106 Å². The number of carbonyl (C=O) groups excluding carboxylic acids is 6. The molecule has 4 rings (SSSR count). The van der Waals surface area contributed by atoms with E-state index in [0.717, 1.165) is 31.6 Å². The van der Waals surface area contributed by atoms with E-state index in [1.54, 1.807) is 19.1 Å². The van der Waals surface area contributed by atoms with Gasteiger partial charge in [0.1, 0.15) is 6.10 Å². The lowest BCUT2D eigenvalue weighted by molar-refractivity contribution is -0.205. The summed E-state index contributed by atoms with van der Waals surface area (Å²) in [5.41, 5.74) is -0.908. The van der Waals surface area contributed by atoms with Crippen molar-refractivity contribution in [2.45, 2.75) is 141 Å². The molecule has 0 aromatic rings. The van der Waals surface area contributed by atoms with E-state index in [0.29, 0.717) is 54.5 Å². The molecule has 0 aromatic carbocycles. The Bertz CT molecular complexity index is 1210. The van der Waals surface area contributed by atoms with Crippen LogP contribution in [0.25, 0.3) is 0 Å². The summed E-state index contributed by atoms with van der Waals surface area (Å²) in [5.74, 6) is -0.813. The number of imide groups is 1. The van der Waals surface area contributed by atoms with Gasteiger partial charge >= 0.3 is 18.1 Å². The van der Waals surface area contributed by atoms with Gasteiger partial charge in [-0.2, -0.15) is 11.8 Å². The van der Waals surface area contributed by atoms with Crippen molar-refractivity contribution < 1.29 is 38.3 Å². The van der Waals surface area contributed by atoms with E-state index in [9.17, 15) is 28.8 Å². The summed E-state index contributed by atoms with van der Waals surface area (Å²) in [4.78, 5) is 79.6. The number of hydroxylamine groups is 2. The van der Waals surface area contributed by atoms with Gasteiger partial charge in [0.2, 0.25) is 5.91 Å². The van der Waals surface area contributed by atoms with Crippen molar-refractivity contribution >= 4 is 47.6 Å². The summed E-state index contributed by atoms with van der Waals surface area (Å²) < 4.78 is 5.47. The number of unbranched alkanes of at least 4 members (excludes halogenated alkanes) is 1. The van der Waals surface area contributed by atoms with E-state index in [2.05, 4.69) is 60.8 Å². The number of rotatable bonds is 14. The van der Waals surface area contributed by atoms with Crippen LogP contribution in [0.5, 0.6) is 0 Å². The van der Waals surface area contributed by atoms with Crippen molar-refractivity contribution in [2.24, 2.45) is 5.41 Å². The molecule has 0 radical (unpaired) electrons. The SMILES string of the molecule is CC1(C(=O)ON2C(=O)CCC2=O)CC=CC(OC(=O)NCCNC(=O)CCCCC2SCC3NC(=O)NC32)CCC1.CCN(C(C)C)C(C)C. The minimum Gasteiger partial charge on any atom is -0.442 e. The monoisotopic (exact) mass is 722 g/mol. The lowest BCUT2D eigenvalue weighted by atomic mass is 9.80. The minimum atomic E-state index is -0.908. The summed E-state index contributed by atoms with van der Waals surface area (Å²) in [6, 6.07) is 1.67. The Hall–Kier alpha value is -3.33. The van der Waals surface area contributed by atoms with Gasteiger partial charge in [-0.15, -0.1) is 5.06 Å². The molecule has 5 atom stereocenters. The molecule has 14 nitrogen and oxygen atoms in total. The number of alkyl carbamates (subject to hydrolysis) is 1. The molecule has 4 N–H and O–H groups in total. The van der Waals surface area contributed by atoms with Gasteiger partial charge in [0.15, 0.2) is 0 Å². The second-order valence-corrected chi connectivity index (χ2v) is 15.4. The molecule has 0 bridgehead atoms. The first-order chi connectivity index (χ1) is 23.7. The van der Waals surface area contributed by atoms with Crippen molar-refractivity contribution in [2.75, 3.05) is 25.4 Å². The van der Waals surface area contributed by atoms with Gasteiger partial charge in [-0.1, -0.05) is 19.4 Å². The normalized spacial score (nSPS) is 26.1. The summed E-state index contributed by atoms with van der Waals surface area (Å²) in [6.07, 6.45) is 7.33. The molecule has 3 aliphatic heterocycles. The molecular weight excluding hydrogens is 664 g/mol. The van der Waals surface area contributed by atoms with E-state index in [4.69, 9.17) is 9.57 Å². The molecule has 3 fully saturated rings. The highest BCUT2D eigenvalue weighted by Crippen LogP contribution is 2.35. The fraction of sp³-hybridized carbons (Fsp3) is 0.771. The van der Waals surface area contributed by atoms with Crippen LogP contribution in [0.15, 0.2) is 12.2 Å². The highest BCUT2D eigenvalue weighted by molar-refractivity contribution is 8.00. The number of nitrogens with one attached hydrogen (secondary N) is 4. The molecule has 4 aliphatic rings. The van der Waals surface area contributed by atoms with E-state index >= 15 is 0 Å². The molecule has 0 aromatic heterocycles. The zero-order valence-corrected chi connectivity index (χ0v) is 31.4. The molecule has 3 heterocycles. The van der Waals surface area contributed by atoms with Gasteiger partial charge in [-0.3, -0.25) is 19.3 Å². The Kier molecular flexibility index (Phi) is 16.4. The number of fused-ring (bicyclic) bond motifs is 1. The predicted molar refractivity (Wildman–Crippen MR) is 191 cm³/mol. The molecule has 1 aliphatic carbocycles. The smallest absolute Gasteiger partial charge is 0.407 e. The Morgan fingerprint density at radius 2 is 1.72 bits per heavy atom. The second kappa shape index (κ2) is 19.9. The van der Waals surface area contributed by atoms with Gasteiger partial charge < -0.3 is 30.8 Å². The van der Waals surface area contributed by atoms with Crippen LogP contribution < -0.4 is 21.3 Å². The maximum absolute atomic E-state index is 12.7. The van der Waals surface area contributed by atoms with Gasteiger partial charge in [-0.05, 0) is 85.8 Å². The molecule has 3 saturated heterocycles. The van der Waals surface area contributed by atoms with Crippen molar-refractivity contribution in [3.63, 3.8) is 0 Å². The predicted octanol–water partition coefficient (Wildman–Crippen LogP) is 3.79. The van der Waals surface area contributed by atoms with Crippen molar-refractivity contribution in [1.29, 1.82) is 0 Å². The van der Waals surface area contributed by atoms with Crippen LogP contribution >= 0.6 is 11.8 Å². The van der Waals surface area contributed by atoms with E-state index in [1.165, 1.54) is 0 Å². The number of allylic oxidation sites excluding steroid dienone is 1. The quantitative estimate of drug-likeness (QED) is 0.0894. The molecule has 0 saturated carbocycles. The number of hydrogen-bond acceptors (Lipinski definition) is 10. The second-order valence-electron chi connectivity index (χ2n) is 14.2. The molecule has 50 heavy (non-hydrogen) atoms. The Morgan fingerprint density at radius 3 is 2.36 bits per heavy atom. The first-order valence-corrected chi connectivity index (χ1v) is 19.2. The molecule has 5 unspecified atom stereocenters. The highest BCUT2D eigenvalue weighted by Gasteiger charge is 2.43. The lowest BCUT2D eigenvalue weighted by Crippen LogP contribution is -2.39. The molecule has 15 heteroatoms. The third kappa shape index (κ3) is 12.5. The lowest BCUT2D eigenvalue weighted by Gasteiger charge is -2.29. The van der Waals surface area contributed by atoms with Gasteiger partial charge in [0.25, 0.3) is 11.8 Å². The number of thioether (sulfide) groups is 1. The average Bonchev–Trinajstić information content (AvgIpc) is 3.70. The van der Waals surface area contributed by atoms with Crippen molar-refractivity contribution in [3.8, 4) is 0 Å². The number of ether oxygens (including phenoxy) is 1. The topological polar surface area (TPSA) is 175 Å². The van der Waals surface area contributed by atoms with Gasteiger partial charge in [-0.25, -0.2) is 14.4 Å². The Balaban J connectivity index is 0.000000661. The zero-order chi connectivity index (χ0) is 36.8. The molecule has 0 spiro atoms. The largest absolute Gasteiger partial charge is 0.442 e. The number of hydrogen-bond donors (Lipinski definition) is 4. The Morgan fingerprint density at radius 1 is 1.04 bits per heavy atom. The standard InChI is InChI=1S/C27H39N5O8S.C8H19N/c1-27(24(36)40-32-21(34)10-11-22(32)35)12-4-6-17(7-5-13-27)39-26(38)29-15-14-28-20(33)9-3-2-8-19-23-18(16-41-19)30-25(37)31-23;1-6-9(7(2)3)8(4)5/h4,6,17-19,23H,2-3,5,7-16H2,1H3,(H,28,33)(H,29,38)(H2,30,31,37);7-8H,6H2,1-5H3. The molecule has 282 valence electrons. The number of carbonyl (C=O) groups is 6. The number of nitrogens with zero attached hydrogens (tertiary/aromatic N) is 2. The summed E-state index contributed by atoms with van der Waals surface area (Å²) >= 11 is 1.86. The van der Waals surface area contributed by atoms with Gasteiger partial charge in [0, 0.05) is 55.4 Å². The third-order valence-corrected chi connectivity index (χ3v) is 11.1. The maximum Gasteiger partial charge on any atom is 0.407 e. The summed E-state index contributed by atoms with van der Waals surface area (Å²) in [5, 5.41) is 12.3. The molecular formula is C35H58N6O8S. The van der Waals surface area contributed by atoms with Crippen LogP contribution in [-0.4, -0.2) is 107 Å². The highest BCUT2D eigenvalue weighted by atomic mass is 32.2. The first kappa shape index (κ1) is 41.1. The zero-order valence-electron chi connectivity index (χ0n) is 30.6. The Labute approximate surface area is 300 Å². The maximum atomic E-state index is 12.7. The summed E-state index contributed by atoms with van der Waals surface area (Å²) in [6.45, 7) is 14.6. The van der Waals surface area contributed by atoms with Crippen LogP contribution in [0.3, 0.4) is 0 Å². The number of amides is 6. The first-order valence-electron chi connectivity index (χ1n) is 18.1. The van der Waals surface area contributed by atoms with Crippen molar-refractivity contribution in [3.05, 3.63) is 12.2 Å². The average molecular weight is 723 g/mol. The fourth-order valence-corrected chi connectivity index (χ4v) is 8.28. The third-order valence-electron chi connectivity index (χ3n) is 9.56. The van der Waals surface area contributed by atoms with Crippen LogP contribution in [0.2, 0.25) is 0 Å². The van der Waals surface area contributed by atoms with Crippen LogP contribution in [-0.2, 0) is 28.8 Å².